The van der Waals surface area contributed by atoms with E-state index in [1.807, 2.05) is 11.8 Å². The lowest BCUT2D eigenvalue weighted by Crippen LogP contribution is -2.15. The Labute approximate surface area is 429 Å². The Morgan fingerprint density at radius 3 is 1.41 bits per heavy atom. The summed E-state index contributed by atoms with van der Waals surface area (Å²) in [6.07, 6.45) is 30.5. The van der Waals surface area contributed by atoms with Gasteiger partial charge in [-0.15, -0.1) is 11.8 Å². The summed E-state index contributed by atoms with van der Waals surface area (Å²) < 4.78 is 20.3. The van der Waals surface area contributed by atoms with Crippen LogP contribution < -0.4 is 14.2 Å². The first kappa shape index (κ1) is 55.2. The topological polar surface area (TPSA) is 102 Å². The minimum atomic E-state index is -0.697. The van der Waals surface area contributed by atoms with Crippen LogP contribution in [0.5, 0.6) is 17.2 Å². The fourth-order valence-corrected chi connectivity index (χ4v) is 12.6. The monoisotopic (exact) mass is 993 g/mol. The zero-order chi connectivity index (χ0) is 49.2. The summed E-state index contributed by atoms with van der Waals surface area (Å²) in [5.74, 6) is 2.72. The van der Waals surface area contributed by atoms with Crippen LogP contribution in [0.25, 0.3) is 21.9 Å². The number of hydrogen-bond donors (Lipinski definition) is 2. The van der Waals surface area contributed by atoms with Crippen LogP contribution in [-0.2, 0) is 9.59 Å². The van der Waals surface area contributed by atoms with E-state index < -0.39 is 11.9 Å². The maximum atomic E-state index is 10.9. The predicted molar refractivity (Wildman–Crippen MR) is 293 cm³/mol. The summed E-state index contributed by atoms with van der Waals surface area (Å²) in [5.41, 5.74) is 6.40. The largest absolute Gasteiger partial charge is 0.492 e. The SMILES string of the molecule is CCCCCCCCCCCCOc1cc2ccccc2c2c1SC[C@H](C)C2=C1c2cccc(OCCCCCCCCCCC(=O)O)c2Sc2c(OCCCCCCCCCCC(=O)O)cccc21. The second-order valence-corrected chi connectivity index (χ2v) is 21.9. The van der Waals surface area contributed by atoms with Crippen LogP contribution in [-0.4, -0.2) is 47.7 Å². The molecule has 0 aliphatic carbocycles. The molecular weight excluding hydrogens is 909 g/mol. The number of carboxylic acids is 2. The number of thioether (sulfide) groups is 1. The lowest BCUT2D eigenvalue weighted by atomic mass is 9.81. The highest BCUT2D eigenvalue weighted by molar-refractivity contribution is 8.00. The lowest BCUT2D eigenvalue weighted by Gasteiger charge is -2.34. The standard InChI is InChI=1S/C61H84O7S2/c1-3-4-5-6-7-8-11-16-23-30-43-68-53-44-47-33-26-27-34-48(47)58-56(46(2)45-69-61(53)58)57-49-35-31-37-51(66-41-28-21-17-12-9-14-19-24-39-54(62)63)59(49)70-60-50(57)36-32-38-52(60)67-42-29-22-18-13-10-15-20-25-40-55(64)65/h26-27,31-38,44,46H,3-25,28-30,39-43,45H2,1-2H3,(H,62,63)(H,64,65)/t46-/m0/s1. The summed E-state index contributed by atoms with van der Waals surface area (Å²) in [5, 5.41) is 20.3. The van der Waals surface area contributed by atoms with Crippen LogP contribution in [0.1, 0.15) is 210 Å². The molecule has 2 aliphatic heterocycles. The van der Waals surface area contributed by atoms with Crippen molar-refractivity contribution >= 4 is 57.4 Å². The molecule has 0 spiro atoms. The summed E-state index contributed by atoms with van der Waals surface area (Å²) in [4.78, 5) is 25.3. The van der Waals surface area contributed by atoms with E-state index in [-0.39, 0.29) is 18.8 Å². The van der Waals surface area contributed by atoms with Crippen LogP contribution >= 0.6 is 23.5 Å². The van der Waals surface area contributed by atoms with Crippen molar-refractivity contribution in [3.63, 3.8) is 0 Å². The van der Waals surface area contributed by atoms with Crippen molar-refractivity contribution in [1.29, 1.82) is 0 Å². The first-order chi connectivity index (χ1) is 34.4. The molecule has 0 saturated carbocycles. The first-order valence-corrected chi connectivity index (χ1v) is 29.4. The number of unbranched alkanes of at least 4 members (excludes halogenated alkanes) is 23. The molecule has 70 heavy (non-hydrogen) atoms. The van der Waals surface area contributed by atoms with Gasteiger partial charge in [0.25, 0.3) is 0 Å². The van der Waals surface area contributed by atoms with E-state index in [9.17, 15) is 9.59 Å². The van der Waals surface area contributed by atoms with Crippen molar-refractivity contribution in [2.45, 2.75) is 208 Å². The molecule has 9 heteroatoms. The summed E-state index contributed by atoms with van der Waals surface area (Å²) in [6.45, 7) is 6.74. The van der Waals surface area contributed by atoms with Gasteiger partial charge in [-0.2, -0.15) is 0 Å². The average Bonchev–Trinajstić information content (AvgIpc) is 3.35. The van der Waals surface area contributed by atoms with E-state index in [2.05, 4.69) is 80.6 Å². The molecule has 2 heterocycles. The number of rotatable bonds is 36. The smallest absolute Gasteiger partial charge is 0.303 e. The Morgan fingerprint density at radius 1 is 0.514 bits per heavy atom. The molecule has 382 valence electrons. The Hall–Kier alpha value is -4.08. The maximum absolute atomic E-state index is 10.9. The van der Waals surface area contributed by atoms with Crippen molar-refractivity contribution in [3.8, 4) is 17.2 Å². The summed E-state index contributed by atoms with van der Waals surface area (Å²) in [6, 6.07) is 24.4. The maximum Gasteiger partial charge on any atom is 0.303 e. The van der Waals surface area contributed by atoms with Gasteiger partial charge in [-0.3, -0.25) is 9.59 Å². The number of fused-ring (bicyclic) bond motifs is 5. The van der Waals surface area contributed by atoms with Gasteiger partial charge < -0.3 is 24.4 Å². The Balaban J connectivity index is 1.22. The fourth-order valence-electron chi connectivity index (χ4n) is 10.1. The van der Waals surface area contributed by atoms with E-state index in [0.717, 1.165) is 136 Å². The van der Waals surface area contributed by atoms with Crippen molar-refractivity contribution in [2.75, 3.05) is 25.6 Å². The number of carbonyl (C=O) groups is 2. The highest BCUT2D eigenvalue weighted by Gasteiger charge is 2.35. The van der Waals surface area contributed by atoms with E-state index in [0.29, 0.717) is 13.2 Å². The van der Waals surface area contributed by atoms with Crippen LogP contribution in [0.3, 0.4) is 0 Å². The molecule has 4 aromatic carbocycles. The third-order valence-electron chi connectivity index (χ3n) is 14.0. The van der Waals surface area contributed by atoms with Gasteiger partial charge in [0, 0.05) is 35.3 Å². The molecule has 2 aliphatic rings. The van der Waals surface area contributed by atoms with E-state index >= 15 is 0 Å². The molecule has 7 nitrogen and oxygen atoms in total. The minimum absolute atomic E-state index is 0.275. The third kappa shape index (κ3) is 17.3. The zero-order valence-electron chi connectivity index (χ0n) is 42.8. The van der Waals surface area contributed by atoms with Crippen molar-refractivity contribution in [2.24, 2.45) is 5.92 Å². The molecule has 4 aromatic rings. The van der Waals surface area contributed by atoms with Gasteiger partial charge in [0.15, 0.2) is 0 Å². The van der Waals surface area contributed by atoms with Gasteiger partial charge in [-0.05, 0) is 78.1 Å². The van der Waals surface area contributed by atoms with E-state index in [1.165, 1.54) is 114 Å². The Kier molecular flexibility index (Phi) is 24.8. The van der Waals surface area contributed by atoms with Crippen molar-refractivity contribution < 1.29 is 34.0 Å². The molecular formula is C61H84O7S2. The van der Waals surface area contributed by atoms with E-state index in [4.69, 9.17) is 24.4 Å². The van der Waals surface area contributed by atoms with Gasteiger partial charge >= 0.3 is 11.9 Å². The number of ether oxygens (including phenoxy) is 3. The summed E-state index contributed by atoms with van der Waals surface area (Å²) >= 11 is 3.75. The van der Waals surface area contributed by atoms with Gasteiger partial charge in [0.1, 0.15) is 17.2 Å². The normalized spacial score (nSPS) is 14.1. The van der Waals surface area contributed by atoms with Crippen LogP contribution in [0.2, 0.25) is 0 Å². The minimum Gasteiger partial charge on any atom is -0.492 e. The molecule has 0 radical (unpaired) electrons. The number of benzene rings is 4. The first-order valence-electron chi connectivity index (χ1n) is 27.6. The lowest BCUT2D eigenvalue weighted by molar-refractivity contribution is -0.138. The number of carboxylic acid groups (broad SMARTS) is 2. The average molecular weight is 993 g/mol. The number of hydrogen-bond acceptors (Lipinski definition) is 7. The Morgan fingerprint density at radius 2 is 0.943 bits per heavy atom. The highest BCUT2D eigenvalue weighted by atomic mass is 32.2. The molecule has 0 fully saturated rings. The molecule has 0 bridgehead atoms. The highest BCUT2D eigenvalue weighted by Crippen LogP contribution is 2.58. The van der Waals surface area contributed by atoms with E-state index in [1.54, 1.807) is 11.8 Å². The molecule has 0 unspecified atom stereocenters. The third-order valence-corrected chi connectivity index (χ3v) is 16.6. The molecule has 6 rings (SSSR count). The number of allylic oxidation sites excluding steroid dienone is 1. The Bertz CT molecular complexity index is 2160. The number of aliphatic carboxylic acids is 2. The molecule has 1 atom stereocenters. The van der Waals surface area contributed by atoms with Crippen LogP contribution in [0.15, 0.2) is 81.4 Å². The molecule has 0 amide bonds. The predicted octanol–water partition coefficient (Wildman–Crippen LogP) is 18.3. The van der Waals surface area contributed by atoms with Gasteiger partial charge in [0.2, 0.25) is 0 Å². The van der Waals surface area contributed by atoms with Crippen molar-refractivity contribution in [3.05, 3.63) is 83.4 Å². The van der Waals surface area contributed by atoms with Crippen molar-refractivity contribution in [1.82, 2.24) is 0 Å². The summed E-state index contributed by atoms with van der Waals surface area (Å²) in [7, 11) is 0. The molecule has 0 aromatic heterocycles. The van der Waals surface area contributed by atoms with Gasteiger partial charge in [-0.25, -0.2) is 0 Å². The van der Waals surface area contributed by atoms with Crippen LogP contribution in [0, 0.1) is 5.92 Å². The molecule has 2 N–H and O–H groups in total. The zero-order valence-corrected chi connectivity index (χ0v) is 44.4. The van der Waals surface area contributed by atoms with Gasteiger partial charge in [0.05, 0.1) is 34.5 Å². The van der Waals surface area contributed by atoms with Crippen LogP contribution in [0.4, 0.5) is 0 Å². The quantitative estimate of drug-likeness (QED) is 0.0380. The second kappa shape index (κ2) is 31.4. The van der Waals surface area contributed by atoms with Gasteiger partial charge in [-0.1, -0.05) is 209 Å². The fraction of sp³-hybridized carbons (Fsp3) is 0.574. The second-order valence-electron chi connectivity index (χ2n) is 19.8. The molecule has 0 saturated heterocycles.